The number of hydrogen-bond acceptors (Lipinski definition) is 3. The number of carbonyl (C=O) groups is 1. The minimum absolute atomic E-state index is 0.0952. The molecule has 0 aromatic heterocycles. The maximum absolute atomic E-state index is 13.2. The minimum atomic E-state index is -1.35. The molecule has 0 aliphatic heterocycles. The molecule has 1 aliphatic carbocycles. The highest BCUT2D eigenvalue weighted by molar-refractivity contribution is 5.98. The van der Waals surface area contributed by atoms with Crippen molar-refractivity contribution in [3.8, 4) is 0 Å². The molecule has 1 aromatic rings. The first-order valence-corrected chi connectivity index (χ1v) is 6.64. The molecule has 0 radical (unpaired) electrons. The van der Waals surface area contributed by atoms with Crippen LogP contribution < -0.4 is 5.32 Å². The lowest BCUT2D eigenvalue weighted by atomic mass is 9.92. The largest absolute Gasteiger partial charge is 0.349 e. The number of amides is 1. The lowest BCUT2D eigenvalue weighted by Gasteiger charge is -2.17. The second-order valence-corrected chi connectivity index (χ2v) is 6.12. The van der Waals surface area contributed by atoms with Crippen LogP contribution in [0.3, 0.4) is 0 Å². The van der Waals surface area contributed by atoms with Crippen LogP contribution in [0.15, 0.2) is 12.1 Å². The number of nitro benzene ring substituents is 1. The van der Waals surface area contributed by atoms with E-state index in [0.29, 0.717) is 12.1 Å². The van der Waals surface area contributed by atoms with Crippen LogP contribution in [0.1, 0.15) is 43.5 Å². The Morgan fingerprint density at radius 2 is 2.00 bits per heavy atom. The zero-order valence-electron chi connectivity index (χ0n) is 11.8. The van der Waals surface area contributed by atoms with Crippen LogP contribution in [0.25, 0.3) is 0 Å². The molecule has 2 rings (SSSR count). The van der Waals surface area contributed by atoms with Gasteiger partial charge in [0.25, 0.3) is 11.6 Å². The van der Waals surface area contributed by atoms with Gasteiger partial charge >= 0.3 is 0 Å². The topological polar surface area (TPSA) is 72.2 Å². The molecule has 0 saturated heterocycles. The van der Waals surface area contributed by atoms with Crippen LogP contribution >= 0.6 is 0 Å². The molecule has 1 unspecified atom stereocenters. The molecule has 0 bridgehead atoms. The summed E-state index contributed by atoms with van der Waals surface area (Å²) in [5, 5.41) is 13.5. The fourth-order valence-electron chi connectivity index (χ4n) is 2.69. The Morgan fingerprint density at radius 3 is 2.52 bits per heavy atom. The Labute approximate surface area is 120 Å². The summed E-state index contributed by atoms with van der Waals surface area (Å²) < 4.78 is 26.3. The van der Waals surface area contributed by atoms with Gasteiger partial charge in [-0.25, -0.2) is 8.78 Å². The van der Waals surface area contributed by atoms with Gasteiger partial charge in [-0.15, -0.1) is 0 Å². The zero-order valence-corrected chi connectivity index (χ0v) is 11.8. The third-order valence-corrected chi connectivity index (χ3v) is 3.78. The van der Waals surface area contributed by atoms with Gasteiger partial charge in [0.05, 0.1) is 11.0 Å². The van der Waals surface area contributed by atoms with Crippen molar-refractivity contribution in [2.75, 3.05) is 0 Å². The highest BCUT2D eigenvalue weighted by atomic mass is 19.2. The van der Waals surface area contributed by atoms with Crippen LogP contribution in [0.5, 0.6) is 0 Å². The number of nitrogens with one attached hydrogen (secondary N) is 1. The fraction of sp³-hybridized carbons (Fsp3) is 0.500. The number of hydrogen-bond donors (Lipinski definition) is 1. The van der Waals surface area contributed by atoms with E-state index in [4.69, 9.17) is 0 Å². The zero-order chi connectivity index (χ0) is 15.8. The summed E-state index contributed by atoms with van der Waals surface area (Å²) in [6.45, 7) is 4.14. The van der Waals surface area contributed by atoms with E-state index in [0.717, 1.165) is 19.3 Å². The van der Waals surface area contributed by atoms with Gasteiger partial charge in [0, 0.05) is 6.04 Å². The van der Waals surface area contributed by atoms with E-state index in [9.17, 15) is 23.7 Å². The predicted octanol–water partition coefficient (Wildman–Crippen LogP) is 3.18. The molecule has 0 heterocycles. The quantitative estimate of drug-likeness (QED) is 0.688. The van der Waals surface area contributed by atoms with E-state index >= 15 is 0 Å². The predicted molar refractivity (Wildman–Crippen MR) is 71.9 cm³/mol. The Hall–Kier alpha value is -2.05. The molecule has 1 aromatic carbocycles. The summed E-state index contributed by atoms with van der Waals surface area (Å²) in [7, 11) is 0. The van der Waals surface area contributed by atoms with Crippen molar-refractivity contribution >= 4 is 11.6 Å². The standard InChI is InChI=1S/C14H16F2N2O3/c1-14(2)4-3-8(7-14)17-13(19)9-5-10(15)11(16)6-12(9)18(20)21/h5-6,8H,3-4,7H2,1-2H3,(H,17,19). The average molecular weight is 298 g/mol. The lowest BCUT2D eigenvalue weighted by molar-refractivity contribution is -0.385. The lowest BCUT2D eigenvalue weighted by Crippen LogP contribution is -2.34. The van der Waals surface area contributed by atoms with Crippen LogP contribution in [0.2, 0.25) is 0 Å². The van der Waals surface area contributed by atoms with Crippen molar-refractivity contribution in [3.05, 3.63) is 39.4 Å². The molecule has 7 heteroatoms. The summed E-state index contributed by atoms with van der Waals surface area (Å²) in [5.74, 6) is -3.37. The third-order valence-electron chi connectivity index (χ3n) is 3.78. The van der Waals surface area contributed by atoms with Gasteiger partial charge in [-0.05, 0) is 30.7 Å². The molecule has 1 saturated carbocycles. The summed E-state index contributed by atoms with van der Waals surface area (Å²) in [6.07, 6.45) is 2.43. The van der Waals surface area contributed by atoms with Gasteiger partial charge < -0.3 is 5.32 Å². The van der Waals surface area contributed by atoms with Crippen molar-refractivity contribution in [3.63, 3.8) is 0 Å². The normalized spacial score (nSPS) is 20.3. The maximum Gasteiger partial charge on any atom is 0.285 e. The van der Waals surface area contributed by atoms with E-state index in [2.05, 4.69) is 19.2 Å². The molecule has 1 amide bonds. The highest BCUT2D eigenvalue weighted by Gasteiger charge is 2.33. The first-order chi connectivity index (χ1) is 9.69. The first kappa shape index (κ1) is 15.3. The molecular weight excluding hydrogens is 282 g/mol. The molecule has 1 atom stereocenters. The van der Waals surface area contributed by atoms with Crippen molar-refractivity contribution in [1.82, 2.24) is 5.32 Å². The van der Waals surface area contributed by atoms with Crippen molar-refractivity contribution in [2.45, 2.75) is 39.2 Å². The molecule has 21 heavy (non-hydrogen) atoms. The number of benzene rings is 1. The van der Waals surface area contributed by atoms with Crippen molar-refractivity contribution < 1.29 is 18.5 Å². The number of rotatable bonds is 3. The van der Waals surface area contributed by atoms with Crippen molar-refractivity contribution in [2.24, 2.45) is 5.41 Å². The van der Waals surface area contributed by atoms with Gasteiger partial charge in [-0.2, -0.15) is 0 Å². The molecule has 0 spiro atoms. The number of carbonyl (C=O) groups excluding carboxylic acids is 1. The van der Waals surface area contributed by atoms with E-state index in [-0.39, 0.29) is 11.5 Å². The molecule has 1 fully saturated rings. The van der Waals surface area contributed by atoms with Crippen LogP contribution in [-0.2, 0) is 0 Å². The number of nitro groups is 1. The highest BCUT2D eigenvalue weighted by Crippen LogP contribution is 2.37. The van der Waals surface area contributed by atoms with Crippen molar-refractivity contribution in [1.29, 1.82) is 0 Å². The number of nitrogens with zero attached hydrogens (tertiary/aromatic N) is 1. The third kappa shape index (κ3) is 3.34. The van der Waals surface area contributed by atoms with E-state index in [1.54, 1.807) is 0 Å². The van der Waals surface area contributed by atoms with E-state index in [1.165, 1.54) is 0 Å². The molecule has 114 valence electrons. The first-order valence-electron chi connectivity index (χ1n) is 6.64. The summed E-state index contributed by atoms with van der Waals surface area (Å²) in [6, 6.07) is 0.895. The van der Waals surface area contributed by atoms with Crippen LogP contribution in [0.4, 0.5) is 14.5 Å². The van der Waals surface area contributed by atoms with Gasteiger partial charge in [0.1, 0.15) is 5.56 Å². The average Bonchev–Trinajstić information content (AvgIpc) is 2.71. The SMILES string of the molecule is CC1(C)CCC(NC(=O)c2cc(F)c(F)cc2[N+](=O)[O-])C1. The summed E-state index contributed by atoms with van der Waals surface area (Å²) in [5.41, 5.74) is -1.09. The van der Waals surface area contributed by atoms with E-state index < -0.39 is 33.7 Å². The molecule has 1 N–H and O–H groups in total. The smallest absolute Gasteiger partial charge is 0.285 e. The van der Waals surface area contributed by atoms with Gasteiger partial charge in [-0.1, -0.05) is 13.8 Å². The minimum Gasteiger partial charge on any atom is -0.349 e. The number of halogens is 2. The molecule has 1 aliphatic rings. The molecule has 5 nitrogen and oxygen atoms in total. The second-order valence-electron chi connectivity index (χ2n) is 6.12. The summed E-state index contributed by atoms with van der Waals surface area (Å²) in [4.78, 5) is 22.1. The van der Waals surface area contributed by atoms with E-state index in [1.807, 2.05) is 0 Å². The van der Waals surface area contributed by atoms with Crippen LogP contribution in [0, 0.1) is 27.2 Å². The Balaban J connectivity index is 2.23. The second kappa shape index (κ2) is 5.38. The van der Waals surface area contributed by atoms with Gasteiger partial charge in [0.2, 0.25) is 0 Å². The monoisotopic (exact) mass is 298 g/mol. The maximum atomic E-state index is 13.2. The Kier molecular flexibility index (Phi) is 3.93. The summed E-state index contributed by atoms with van der Waals surface area (Å²) >= 11 is 0. The Bertz CT molecular complexity index is 602. The Morgan fingerprint density at radius 1 is 1.38 bits per heavy atom. The van der Waals surface area contributed by atoms with Crippen LogP contribution in [-0.4, -0.2) is 16.9 Å². The van der Waals surface area contributed by atoms with Gasteiger partial charge in [-0.3, -0.25) is 14.9 Å². The van der Waals surface area contributed by atoms with Gasteiger partial charge in [0.15, 0.2) is 11.6 Å². The fourth-order valence-corrected chi connectivity index (χ4v) is 2.69. The molecular formula is C14H16F2N2O3.